The molecule has 2 heterocycles. The molecule has 1 aliphatic rings. The molecule has 3 aromatic carbocycles. The second-order valence-electron chi connectivity index (χ2n) is 9.03. The standard InChI is InChI=1S/C29H25N3O5/c1-17(33)30-20-10-14-22(15-11-20)32-26(18-8-12-21(13-9-18)31(2)3)25(28(35)29(32)36)27(34)24-16-19-6-4-5-7-23(19)37-24/h4-16,26,35H,1-3H3,(H,30,33). The lowest BCUT2D eigenvalue weighted by Gasteiger charge is -2.27. The highest BCUT2D eigenvalue weighted by Crippen LogP contribution is 2.43. The van der Waals surface area contributed by atoms with E-state index in [1.807, 2.05) is 55.4 Å². The van der Waals surface area contributed by atoms with E-state index in [4.69, 9.17) is 4.42 Å². The Morgan fingerprint density at radius 1 is 0.973 bits per heavy atom. The van der Waals surface area contributed by atoms with Crippen LogP contribution in [0.4, 0.5) is 17.1 Å². The molecule has 2 N–H and O–H groups in total. The van der Waals surface area contributed by atoms with Gasteiger partial charge < -0.3 is 19.7 Å². The first-order valence-electron chi connectivity index (χ1n) is 11.7. The third kappa shape index (κ3) is 4.33. The Labute approximate surface area is 213 Å². The fourth-order valence-corrected chi connectivity index (χ4v) is 4.51. The molecule has 1 aliphatic heterocycles. The van der Waals surface area contributed by atoms with Crippen molar-refractivity contribution in [3.05, 3.63) is 102 Å². The smallest absolute Gasteiger partial charge is 0.294 e. The molecule has 8 heteroatoms. The Bertz CT molecular complexity index is 1520. The van der Waals surface area contributed by atoms with Crippen LogP contribution in [-0.4, -0.2) is 36.8 Å². The molecule has 1 atom stereocenters. The van der Waals surface area contributed by atoms with Crippen LogP contribution in [0.25, 0.3) is 11.0 Å². The van der Waals surface area contributed by atoms with Gasteiger partial charge in [-0.05, 0) is 54.1 Å². The number of hydrogen-bond donors (Lipinski definition) is 2. The van der Waals surface area contributed by atoms with E-state index in [-0.39, 0.29) is 17.2 Å². The number of nitrogens with one attached hydrogen (secondary N) is 1. The van der Waals surface area contributed by atoms with Crippen molar-refractivity contribution >= 4 is 45.6 Å². The van der Waals surface area contributed by atoms with Gasteiger partial charge in [-0.1, -0.05) is 30.3 Å². The molecule has 0 aliphatic carbocycles. The third-order valence-corrected chi connectivity index (χ3v) is 6.29. The number of nitrogens with zero attached hydrogens (tertiary/aromatic N) is 2. The van der Waals surface area contributed by atoms with Gasteiger partial charge in [-0.3, -0.25) is 19.3 Å². The topological polar surface area (TPSA) is 103 Å². The molecule has 4 aromatic rings. The van der Waals surface area contributed by atoms with Crippen molar-refractivity contribution in [3.63, 3.8) is 0 Å². The SMILES string of the molecule is CC(=O)Nc1ccc(N2C(=O)C(O)=C(C(=O)c3cc4ccccc4o3)C2c2ccc(N(C)C)cc2)cc1. The summed E-state index contributed by atoms with van der Waals surface area (Å²) < 4.78 is 5.78. The lowest BCUT2D eigenvalue weighted by atomic mass is 9.94. The normalized spacial score (nSPS) is 15.4. The van der Waals surface area contributed by atoms with E-state index in [1.165, 1.54) is 11.8 Å². The second-order valence-corrected chi connectivity index (χ2v) is 9.03. The van der Waals surface area contributed by atoms with Gasteiger partial charge in [-0.2, -0.15) is 0 Å². The lowest BCUT2D eigenvalue weighted by molar-refractivity contribution is -0.117. The number of rotatable bonds is 6. The third-order valence-electron chi connectivity index (χ3n) is 6.29. The summed E-state index contributed by atoms with van der Waals surface area (Å²) in [4.78, 5) is 41.9. The Morgan fingerprint density at radius 2 is 1.65 bits per heavy atom. The Kier molecular flexibility index (Phi) is 6.01. The van der Waals surface area contributed by atoms with Crippen LogP contribution in [0.15, 0.2) is 94.6 Å². The van der Waals surface area contributed by atoms with Gasteiger partial charge >= 0.3 is 0 Å². The molecule has 8 nitrogen and oxygen atoms in total. The number of aliphatic hydroxyl groups excluding tert-OH is 1. The van der Waals surface area contributed by atoms with Crippen molar-refractivity contribution < 1.29 is 23.9 Å². The molecular weight excluding hydrogens is 470 g/mol. The average Bonchev–Trinajstić information content (AvgIpc) is 3.43. The molecule has 186 valence electrons. The minimum absolute atomic E-state index is 0.0355. The highest BCUT2D eigenvalue weighted by atomic mass is 16.3. The summed E-state index contributed by atoms with van der Waals surface area (Å²) in [6, 6.07) is 22.0. The number of anilines is 3. The van der Waals surface area contributed by atoms with Crippen LogP contribution in [0.1, 0.15) is 29.1 Å². The number of benzene rings is 3. The van der Waals surface area contributed by atoms with Crippen LogP contribution in [0.5, 0.6) is 0 Å². The summed E-state index contributed by atoms with van der Waals surface area (Å²) in [5, 5.41) is 14.4. The Morgan fingerprint density at radius 3 is 2.27 bits per heavy atom. The molecule has 0 fully saturated rings. The summed E-state index contributed by atoms with van der Waals surface area (Å²) in [6.45, 7) is 1.41. The van der Waals surface area contributed by atoms with Crippen LogP contribution in [0, 0.1) is 0 Å². The van der Waals surface area contributed by atoms with Crippen LogP contribution in [0.3, 0.4) is 0 Å². The van der Waals surface area contributed by atoms with Crippen LogP contribution < -0.4 is 15.1 Å². The molecule has 0 spiro atoms. The van der Waals surface area contributed by atoms with Gasteiger partial charge in [-0.15, -0.1) is 0 Å². The molecule has 0 radical (unpaired) electrons. The number of fused-ring (bicyclic) bond motifs is 1. The van der Waals surface area contributed by atoms with Crippen molar-refractivity contribution in [1.82, 2.24) is 0 Å². The predicted molar refractivity (Wildman–Crippen MR) is 142 cm³/mol. The first kappa shape index (κ1) is 23.9. The maximum Gasteiger partial charge on any atom is 0.294 e. The lowest BCUT2D eigenvalue weighted by Crippen LogP contribution is -2.31. The fourth-order valence-electron chi connectivity index (χ4n) is 4.51. The molecule has 5 rings (SSSR count). The molecule has 37 heavy (non-hydrogen) atoms. The summed E-state index contributed by atoms with van der Waals surface area (Å²) in [5.74, 6) is -2.08. The number of Topliss-reactive ketones (excluding diaryl/α,β-unsaturated/α-hetero) is 1. The van der Waals surface area contributed by atoms with Gasteiger partial charge in [0.1, 0.15) is 5.58 Å². The zero-order valence-corrected chi connectivity index (χ0v) is 20.6. The molecule has 0 saturated heterocycles. The van der Waals surface area contributed by atoms with Crippen LogP contribution >= 0.6 is 0 Å². The minimum Gasteiger partial charge on any atom is -0.503 e. The van der Waals surface area contributed by atoms with E-state index in [0.717, 1.165) is 11.1 Å². The molecule has 2 amide bonds. The molecule has 0 bridgehead atoms. The Balaban J connectivity index is 1.61. The maximum atomic E-state index is 13.7. The van der Waals surface area contributed by atoms with Gasteiger partial charge in [0, 0.05) is 43.5 Å². The van der Waals surface area contributed by atoms with Crippen LogP contribution in [0.2, 0.25) is 0 Å². The van der Waals surface area contributed by atoms with Gasteiger partial charge in [0.25, 0.3) is 5.91 Å². The van der Waals surface area contributed by atoms with E-state index >= 15 is 0 Å². The zero-order chi connectivity index (χ0) is 26.3. The monoisotopic (exact) mass is 495 g/mol. The number of para-hydroxylation sites is 1. The Hall–Kier alpha value is -4.85. The van der Waals surface area contributed by atoms with Crippen molar-refractivity contribution in [1.29, 1.82) is 0 Å². The van der Waals surface area contributed by atoms with Crippen LogP contribution in [-0.2, 0) is 9.59 Å². The molecule has 1 unspecified atom stereocenters. The zero-order valence-electron chi connectivity index (χ0n) is 20.6. The summed E-state index contributed by atoms with van der Waals surface area (Å²) >= 11 is 0. The van der Waals surface area contributed by atoms with E-state index in [0.29, 0.717) is 22.5 Å². The van der Waals surface area contributed by atoms with Gasteiger partial charge in [0.15, 0.2) is 11.5 Å². The van der Waals surface area contributed by atoms with E-state index in [9.17, 15) is 19.5 Å². The first-order valence-corrected chi connectivity index (χ1v) is 11.7. The van der Waals surface area contributed by atoms with Gasteiger partial charge in [0.05, 0.1) is 11.6 Å². The number of carbonyl (C=O) groups excluding carboxylic acids is 3. The second kappa shape index (κ2) is 9.31. The van der Waals surface area contributed by atoms with Crippen molar-refractivity contribution in [2.45, 2.75) is 13.0 Å². The minimum atomic E-state index is -0.893. The summed E-state index contributed by atoms with van der Waals surface area (Å²) in [7, 11) is 3.83. The van der Waals surface area contributed by atoms with Gasteiger partial charge in [0.2, 0.25) is 11.7 Å². The van der Waals surface area contributed by atoms with Crippen molar-refractivity contribution in [2.24, 2.45) is 0 Å². The average molecular weight is 496 g/mol. The summed E-state index contributed by atoms with van der Waals surface area (Å²) in [6.07, 6.45) is 0. The van der Waals surface area contributed by atoms with Crippen molar-refractivity contribution in [2.75, 3.05) is 29.2 Å². The molecule has 0 saturated carbocycles. The van der Waals surface area contributed by atoms with Crippen molar-refractivity contribution in [3.8, 4) is 0 Å². The van der Waals surface area contributed by atoms with E-state index < -0.39 is 23.5 Å². The fraction of sp³-hybridized carbons (Fsp3) is 0.138. The number of hydrogen-bond acceptors (Lipinski definition) is 6. The largest absolute Gasteiger partial charge is 0.503 e. The maximum absolute atomic E-state index is 13.7. The predicted octanol–water partition coefficient (Wildman–Crippen LogP) is 5.24. The summed E-state index contributed by atoms with van der Waals surface area (Å²) in [5.41, 5.74) is 3.08. The highest BCUT2D eigenvalue weighted by molar-refractivity contribution is 6.20. The molecular formula is C29H25N3O5. The van der Waals surface area contributed by atoms with E-state index in [1.54, 1.807) is 42.5 Å². The first-order chi connectivity index (χ1) is 17.7. The molecule has 1 aromatic heterocycles. The highest BCUT2D eigenvalue weighted by Gasteiger charge is 2.45. The number of aliphatic hydroxyl groups is 1. The number of ketones is 1. The number of amides is 2. The van der Waals surface area contributed by atoms with Gasteiger partial charge in [-0.25, -0.2) is 0 Å². The number of furan rings is 1. The van der Waals surface area contributed by atoms with E-state index in [2.05, 4.69) is 5.32 Å². The number of carbonyl (C=O) groups is 3. The quantitative estimate of drug-likeness (QED) is 0.355.